The van der Waals surface area contributed by atoms with Gasteiger partial charge in [0, 0.05) is 30.8 Å². The number of benzene rings is 2. The molecule has 29 heavy (non-hydrogen) atoms. The molecule has 1 heterocycles. The molecule has 1 aliphatic rings. The van der Waals surface area contributed by atoms with Crippen molar-refractivity contribution >= 4 is 23.5 Å². The van der Waals surface area contributed by atoms with Crippen molar-refractivity contribution in [2.24, 2.45) is 5.92 Å². The van der Waals surface area contributed by atoms with Crippen LogP contribution in [0.5, 0.6) is 0 Å². The molecule has 0 aliphatic carbocycles. The van der Waals surface area contributed by atoms with Gasteiger partial charge < -0.3 is 15.3 Å². The minimum Gasteiger partial charge on any atom is -0.481 e. The maximum atomic E-state index is 12.6. The smallest absolute Gasteiger partial charge is 0.306 e. The number of likely N-dealkylation sites (tertiary alicyclic amines) is 1. The summed E-state index contributed by atoms with van der Waals surface area (Å²) in [6.45, 7) is 2.94. The van der Waals surface area contributed by atoms with E-state index < -0.39 is 5.97 Å². The van der Waals surface area contributed by atoms with Crippen molar-refractivity contribution in [2.45, 2.75) is 32.6 Å². The van der Waals surface area contributed by atoms with Crippen molar-refractivity contribution in [3.63, 3.8) is 0 Å². The zero-order chi connectivity index (χ0) is 20.8. The van der Waals surface area contributed by atoms with Gasteiger partial charge in [-0.15, -0.1) is 0 Å². The normalized spacial score (nSPS) is 14.4. The van der Waals surface area contributed by atoms with Gasteiger partial charge in [-0.05, 0) is 61.6 Å². The number of amides is 2. The monoisotopic (exact) mass is 394 g/mol. The van der Waals surface area contributed by atoms with Crippen LogP contribution in [-0.4, -0.2) is 40.9 Å². The standard InChI is InChI=1S/C23H26N2O4/c1-16-4-2-3-5-17(16)8-11-21(26)24-20-9-6-18(7-10-20)22(27)25-14-12-19(13-15-25)23(28)29/h2-7,9-10,19H,8,11-15H2,1H3,(H,24,26)(H,28,29). The highest BCUT2D eigenvalue weighted by atomic mass is 16.4. The van der Waals surface area contributed by atoms with Crippen LogP contribution < -0.4 is 5.32 Å². The number of hydrogen-bond acceptors (Lipinski definition) is 3. The first kappa shape index (κ1) is 20.6. The number of carbonyl (C=O) groups is 3. The first-order valence-electron chi connectivity index (χ1n) is 9.90. The molecule has 152 valence electrons. The highest BCUT2D eigenvalue weighted by molar-refractivity contribution is 5.96. The molecule has 3 rings (SSSR count). The lowest BCUT2D eigenvalue weighted by molar-refractivity contribution is -0.143. The minimum atomic E-state index is -0.792. The van der Waals surface area contributed by atoms with E-state index in [-0.39, 0.29) is 17.7 Å². The third kappa shape index (κ3) is 5.44. The van der Waals surface area contributed by atoms with Crippen LogP contribution >= 0.6 is 0 Å². The van der Waals surface area contributed by atoms with Gasteiger partial charge in [-0.3, -0.25) is 14.4 Å². The lowest BCUT2D eigenvalue weighted by atomic mass is 9.96. The van der Waals surface area contributed by atoms with Crippen LogP contribution in [0, 0.1) is 12.8 Å². The predicted octanol–water partition coefficient (Wildman–Crippen LogP) is 3.50. The number of hydrogen-bond donors (Lipinski definition) is 2. The van der Waals surface area contributed by atoms with E-state index in [2.05, 4.69) is 5.32 Å². The van der Waals surface area contributed by atoms with Crippen LogP contribution in [0.25, 0.3) is 0 Å². The summed E-state index contributed by atoms with van der Waals surface area (Å²) in [6.07, 6.45) is 2.04. The Kier molecular flexibility index (Phi) is 6.65. The summed E-state index contributed by atoms with van der Waals surface area (Å²) in [6, 6.07) is 14.9. The van der Waals surface area contributed by atoms with Gasteiger partial charge in [0.1, 0.15) is 0 Å². The summed E-state index contributed by atoms with van der Waals surface area (Å²) < 4.78 is 0. The predicted molar refractivity (Wildman–Crippen MR) is 111 cm³/mol. The van der Waals surface area contributed by atoms with Gasteiger partial charge in [0.15, 0.2) is 0 Å². The summed E-state index contributed by atoms with van der Waals surface area (Å²) in [7, 11) is 0. The minimum absolute atomic E-state index is 0.0666. The second-order valence-electron chi connectivity index (χ2n) is 7.46. The average Bonchev–Trinajstić information content (AvgIpc) is 2.73. The Morgan fingerprint density at radius 1 is 1.03 bits per heavy atom. The summed E-state index contributed by atoms with van der Waals surface area (Å²) in [4.78, 5) is 37.5. The van der Waals surface area contributed by atoms with E-state index in [0.717, 1.165) is 5.56 Å². The molecule has 2 aromatic rings. The second kappa shape index (κ2) is 9.37. The molecule has 2 N–H and O–H groups in total. The van der Waals surface area contributed by atoms with Gasteiger partial charge in [0.05, 0.1) is 5.92 Å². The Hall–Kier alpha value is -3.15. The second-order valence-corrected chi connectivity index (χ2v) is 7.46. The van der Waals surface area contributed by atoms with Crippen molar-refractivity contribution in [3.05, 3.63) is 65.2 Å². The number of anilines is 1. The average molecular weight is 394 g/mol. The Morgan fingerprint density at radius 2 is 1.69 bits per heavy atom. The molecule has 0 bridgehead atoms. The van der Waals surface area contributed by atoms with Crippen molar-refractivity contribution in [1.29, 1.82) is 0 Å². The Balaban J connectivity index is 1.50. The summed E-state index contributed by atoms with van der Waals surface area (Å²) >= 11 is 0. The van der Waals surface area contributed by atoms with Gasteiger partial charge in [-0.2, -0.15) is 0 Å². The van der Waals surface area contributed by atoms with E-state index in [9.17, 15) is 14.4 Å². The molecule has 0 unspecified atom stereocenters. The molecule has 0 atom stereocenters. The fourth-order valence-electron chi connectivity index (χ4n) is 3.57. The van der Waals surface area contributed by atoms with Crippen molar-refractivity contribution in [3.8, 4) is 0 Å². The highest BCUT2D eigenvalue weighted by Gasteiger charge is 2.27. The van der Waals surface area contributed by atoms with E-state index in [1.165, 1.54) is 5.56 Å². The largest absolute Gasteiger partial charge is 0.481 e. The van der Waals surface area contributed by atoms with E-state index in [0.29, 0.717) is 50.0 Å². The van der Waals surface area contributed by atoms with Crippen LogP contribution in [0.1, 0.15) is 40.7 Å². The van der Waals surface area contributed by atoms with E-state index >= 15 is 0 Å². The van der Waals surface area contributed by atoms with Crippen molar-refractivity contribution in [2.75, 3.05) is 18.4 Å². The van der Waals surface area contributed by atoms with Crippen LogP contribution in [0.3, 0.4) is 0 Å². The van der Waals surface area contributed by atoms with E-state index in [1.807, 2.05) is 31.2 Å². The number of aliphatic carboxylic acids is 1. The molecule has 6 heteroatoms. The van der Waals surface area contributed by atoms with Gasteiger partial charge in [-0.25, -0.2) is 0 Å². The van der Waals surface area contributed by atoms with Crippen molar-refractivity contribution < 1.29 is 19.5 Å². The maximum Gasteiger partial charge on any atom is 0.306 e. The fourth-order valence-corrected chi connectivity index (χ4v) is 3.57. The van der Waals surface area contributed by atoms with Crippen molar-refractivity contribution in [1.82, 2.24) is 4.90 Å². The number of nitrogens with zero attached hydrogens (tertiary/aromatic N) is 1. The van der Waals surface area contributed by atoms with Gasteiger partial charge in [-0.1, -0.05) is 24.3 Å². The first-order chi connectivity index (χ1) is 13.9. The number of piperidine rings is 1. The van der Waals surface area contributed by atoms with Crippen LogP contribution in [0.15, 0.2) is 48.5 Å². The van der Waals surface area contributed by atoms with Crippen LogP contribution in [0.4, 0.5) is 5.69 Å². The zero-order valence-corrected chi connectivity index (χ0v) is 16.6. The number of rotatable bonds is 6. The fraction of sp³-hybridized carbons (Fsp3) is 0.348. The van der Waals surface area contributed by atoms with E-state index in [1.54, 1.807) is 29.2 Å². The summed E-state index contributed by atoms with van der Waals surface area (Å²) in [5.74, 6) is -1.33. The molecule has 1 saturated heterocycles. The lowest BCUT2D eigenvalue weighted by Crippen LogP contribution is -2.40. The number of carboxylic acids is 1. The number of nitrogens with one attached hydrogen (secondary N) is 1. The molecular formula is C23H26N2O4. The third-order valence-electron chi connectivity index (χ3n) is 5.43. The Bertz CT molecular complexity index is 884. The lowest BCUT2D eigenvalue weighted by Gasteiger charge is -2.30. The van der Waals surface area contributed by atoms with E-state index in [4.69, 9.17) is 5.11 Å². The molecule has 1 aliphatic heterocycles. The third-order valence-corrected chi connectivity index (χ3v) is 5.43. The molecular weight excluding hydrogens is 368 g/mol. The molecule has 2 amide bonds. The van der Waals surface area contributed by atoms with Crippen LogP contribution in [0.2, 0.25) is 0 Å². The van der Waals surface area contributed by atoms with Gasteiger partial charge >= 0.3 is 5.97 Å². The topological polar surface area (TPSA) is 86.7 Å². The molecule has 0 aromatic heterocycles. The first-order valence-corrected chi connectivity index (χ1v) is 9.90. The number of aryl methyl sites for hydroxylation is 2. The Labute approximate surface area is 170 Å². The van der Waals surface area contributed by atoms with Gasteiger partial charge in [0.25, 0.3) is 5.91 Å². The number of carbonyl (C=O) groups excluding carboxylic acids is 2. The maximum absolute atomic E-state index is 12.6. The molecule has 0 spiro atoms. The quantitative estimate of drug-likeness (QED) is 0.785. The van der Waals surface area contributed by atoms with Crippen LogP contribution in [-0.2, 0) is 16.0 Å². The molecule has 0 radical (unpaired) electrons. The molecule has 2 aromatic carbocycles. The summed E-state index contributed by atoms with van der Waals surface area (Å²) in [5.41, 5.74) is 3.53. The van der Waals surface area contributed by atoms with Gasteiger partial charge in [0.2, 0.25) is 5.91 Å². The Morgan fingerprint density at radius 3 is 2.31 bits per heavy atom. The number of carboxylic acid groups (broad SMARTS) is 1. The molecule has 0 saturated carbocycles. The molecule has 6 nitrogen and oxygen atoms in total. The SMILES string of the molecule is Cc1ccccc1CCC(=O)Nc1ccc(C(=O)N2CCC(C(=O)O)CC2)cc1. The summed E-state index contributed by atoms with van der Waals surface area (Å²) in [5, 5.41) is 11.9. The zero-order valence-electron chi connectivity index (χ0n) is 16.6. The molecule has 1 fully saturated rings. The highest BCUT2D eigenvalue weighted by Crippen LogP contribution is 2.20.